The van der Waals surface area contributed by atoms with Crippen LogP contribution in [0.1, 0.15) is 17.3 Å². The third kappa shape index (κ3) is 5.99. The van der Waals surface area contributed by atoms with Crippen molar-refractivity contribution in [3.8, 4) is 5.75 Å². The Labute approximate surface area is 149 Å². The Hall–Kier alpha value is -2.13. The van der Waals surface area contributed by atoms with E-state index in [9.17, 15) is 22.8 Å². The highest BCUT2D eigenvalue weighted by Gasteiger charge is 2.43. The summed E-state index contributed by atoms with van der Waals surface area (Å²) in [4.78, 5) is 24.5. The standard InChI is InChI=1S/C17H22F3N3O3/c1-12(24)13-3-2-4-14(9-13)26-11-16(25)22-10-15(17(18,19)20)23-7-5-21-6-8-23/h2-4,9,15,21H,5-8,10-11H2,1H3,(H,22,25). The molecule has 0 aromatic heterocycles. The molecule has 2 N–H and O–H groups in total. The van der Waals surface area contributed by atoms with Crippen molar-refractivity contribution in [1.82, 2.24) is 15.5 Å². The van der Waals surface area contributed by atoms with Gasteiger partial charge in [-0.15, -0.1) is 0 Å². The van der Waals surface area contributed by atoms with E-state index >= 15 is 0 Å². The van der Waals surface area contributed by atoms with Crippen molar-refractivity contribution in [2.75, 3.05) is 39.3 Å². The van der Waals surface area contributed by atoms with E-state index in [1.54, 1.807) is 18.2 Å². The summed E-state index contributed by atoms with van der Waals surface area (Å²) >= 11 is 0. The molecule has 1 aliphatic rings. The second-order valence-corrected chi connectivity index (χ2v) is 6.02. The van der Waals surface area contributed by atoms with Gasteiger partial charge in [0.25, 0.3) is 5.91 Å². The minimum absolute atomic E-state index is 0.149. The van der Waals surface area contributed by atoms with Crippen LogP contribution in [0.15, 0.2) is 24.3 Å². The molecule has 0 bridgehead atoms. The lowest BCUT2D eigenvalue weighted by atomic mass is 10.1. The maximum absolute atomic E-state index is 13.2. The quantitative estimate of drug-likeness (QED) is 0.704. The molecule has 0 spiro atoms. The van der Waals surface area contributed by atoms with Gasteiger partial charge in [-0.25, -0.2) is 0 Å². The van der Waals surface area contributed by atoms with Crippen LogP contribution in [0.2, 0.25) is 0 Å². The summed E-state index contributed by atoms with van der Waals surface area (Å²) in [5.74, 6) is -0.492. The molecule has 6 nitrogen and oxygen atoms in total. The van der Waals surface area contributed by atoms with E-state index in [-0.39, 0.29) is 18.9 Å². The van der Waals surface area contributed by atoms with Crippen LogP contribution < -0.4 is 15.4 Å². The van der Waals surface area contributed by atoms with Crippen LogP contribution in [-0.4, -0.2) is 68.1 Å². The van der Waals surface area contributed by atoms with Crippen molar-refractivity contribution in [3.05, 3.63) is 29.8 Å². The molecular formula is C17H22F3N3O3. The molecule has 1 fully saturated rings. The van der Waals surface area contributed by atoms with E-state index < -0.39 is 31.3 Å². The Morgan fingerprint density at radius 1 is 1.31 bits per heavy atom. The molecule has 1 aromatic carbocycles. The molecule has 1 aliphatic heterocycles. The number of ether oxygens (including phenoxy) is 1. The molecule has 0 aliphatic carbocycles. The molecule has 9 heteroatoms. The SMILES string of the molecule is CC(=O)c1cccc(OCC(=O)NCC(N2CCNCC2)C(F)(F)F)c1. The van der Waals surface area contributed by atoms with E-state index in [0.29, 0.717) is 24.4 Å². The highest BCUT2D eigenvalue weighted by molar-refractivity contribution is 5.94. The van der Waals surface area contributed by atoms with Crippen LogP contribution in [0, 0.1) is 0 Å². The topological polar surface area (TPSA) is 70.7 Å². The predicted octanol–water partition coefficient (Wildman–Crippen LogP) is 1.22. The average Bonchev–Trinajstić information content (AvgIpc) is 2.60. The monoisotopic (exact) mass is 373 g/mol. The summed E-state index contributed by atoms with van der Waals surface area (Å²) in [5.41, 5.74) is 0.429. The van der Waals surface area contributed by atoms with E-state index in [1.807, 2.05) is 0 Å². The maximum atomic E-state index is 13.2. The second kappa shape index (κ2) is 9.00. The predicted molar refractivity (Wildman–Crippen MR) is 89.2 cm³/mol. The van der Waals surface area contributed by atoms with Gasteiger partial charge in [0, 0.05) is 38.3 Å². The minimum Gasteiger partial charge on any atom is -0.484 e. The molecule has 1 heterocycles. The zero-order chi connectivity index (χ0) is 19.2. The van der Waals surface area contributed by atoms with Gasteiger partial charge in [-0.05, 0) is 19.1 Å². The van der Waals surface area contributed by atoms with Gasteiger partial charge in [0.2, 0.25) is 0 Å². The first-order valence-corrected chi connectivity index (χ1v) is 8.29. The molecule has 1 unspecified atom stereocenters. The lowest BCUT2D eigenvalue weighted by Gasteiger charge is -2.35. The Bertz CT molecular complexity index is 631. The lowest BCUT2D eigenvalue weighted by Crippen LogP contribution is -2.57. The molecular weight excluding hydrogens is 351 g/mol. The highest BCUT2D eigenvalue weighted by atomic mass is 19.4. The van der Waals surface area contributed by atoms with Crippen molar-refractivity contribution < 1.29 is 27.5 Å². The van der Waals surface area contributed by atoms with Crippen LogP contribution in [0.5, 0.6) is 5.75 Å². The maximum Gasteiger partial charge on any atom is 0.405 e. The van der Waals surface area contributed by atoms with E-state index in [2.05, 4.69) is 10.6 Å². The zero-order valence-electron chi connectivity index (χ0n) is 14.4. The number of hydrogen-bond donors (Lipinski definition) is 2. The van der Waals surface area contributed by atoms with Gasteiger partial charge in [-0.1, -0.05) is 12.1 Å². The fraction of sp³-hybridized carbons (Fsp3) is 0.529. The zero-order valence-corrected chi connectivity index (χ0v) is 14.4. The van der Waals surface area contributed by atoms with Crippen molar-refractivity contribution in [3.63, 3.8) is 0 Å². The van der Waals surface area contributed by atoms with E-state index in [4.69, 9.17) is 4.74 Å². The number of ketones is 1. The first kappa shape index (κ1) is 20.2. The number of rotatable bonds is 7. The molecule has 1 saturated heterocycles. The minimum atomic E-state index is -4.43. The van der Waals surface area contributed by atoms with Gasteiger partial charge in [0.1, 0.15) is 11.8 Å². The number of carbonyl (C=O) groups is 2. The summed E-state index contributed by atoms with van der Waals surface area (Å²) in [6, 6.07) is 4.54. The van der Waals surface area contributed by atoms with Gasteiger partial charge in [-0.3, -0.25) is 14.5 Å². The molecule has 144 valence electrons. The van der Waals surface area contributed by atoms with Crippen LogP contribution in [0.25, 0.3) is 0 Å². The van der Waals surface area contributed by atoms with Crippen LogP contribution >= 0.6 is 0 Å². The van der Waals surface area contributed by atoms with Gasteiger partial charge in [-0.2, -0.15) is 13.2 Å². The Morgan fingerprint density at radius 2 is 2.00 bits per heavy atom. The number of hydrogen-bond acceptors (Lipinski definition) is 5. The van der Waals surface area contributed by atoms with Crippen molar-refractivity contribution in [2.45, 2.75) is 19.1 Å². The number of amides is 1. The first-order chi connectivity index (χ1) is 12.3. The van der Waals surface area contributed by atoms with Gasteiger partial charge < -0.3 is 15.4 Å². The number of nitrogens with one attached hydrogen (secondary N) is 2. The molecule has 2 rings (SSSR count). The summed E-state index contributed by atoms with van der Waals surface area (Å²) in [6.07, 6.45) is -4.43. The molecule has 26 heavy (non-hydrogen) atoms. The van der Waals surface area contributed by atoms with Gasteiger partial charge in [0.15, 0.2) is 12.4 Å². The highest BCUT2D eigenvalue weighted by Crippen LogP contribution is 2.24. The third-order valence-corrected chi connectivity index (χ3v) is 4.07. The van der Waals surface area contributed by atoms with E-state index in [0.717, 1.165) is 0 Å². The fourth-order valence-electron chi connectivity index (χ4n) is 2.66. The van der Waals surface area contributed by atoms with Crippen LogP contribution in [-0.2, 0) is 4.79 Å². The fourth-order valence-corrected chi connectivity index (χ4v) is 2.66. The summed E-state index contributed by atoms with van der Waals surface area (Å²) in [5, 5.41) is 5.28. The lowest BCUT2D eigenvalue weighted by molar-refractivity contribution is -0.184. The van der Waals surface area contributed by atoms with Crippen molar-refractivity contribution >= 4 is 11.7 Å². The van der Waals surface area contributed by atoms with Crippen molar-refractivity contribution in [2.24, 2.45) is 0 Å². The molecule has 1 aromatic rings. The van der Waals surface area contributed by atoms with E-state index in [1.165, 1.54) is 17.9 Å². The summed E-state index contributed by atoms with van der Waals surface area (Å²) in [6.45, 7) is 1.96. The molecule has 0 radical (unpaired) electrons. The summed E-state index contributed by atoms with van der Waals surface area (Å²) < 4.78 is 45.0. The Morgan fingerprint density at radius 3 is 2.62 bits per heavy atom. The molecule has 0 saturated carbocycles. The first-order valence-electron chi connectivity index (χ1n) is 8.29. The number of benzene rings is 1. The number of Topliss-reactive ketones (excluding diaryl/α,β-unsaturated/α-hetero) is 1. The number of alkyl halides is 3. The number of halogens is 3. The van der Waals surface area contributed by atoms with Gasteiger partial charge in [0.05, 0.1) is 0 Å². The smallest absolute Gasteiger partial charge is 0.405 e. The average molecular weight is 373 g/mol. The Kier molecular flexibility index (Phi) is 6.98. The second-order valence-electron chi connectivity index (χ2n) is 6.02. The summed E-state index contributed by atoms with van der Waals surface area (Å²) in [7, 11) is 0. The number of piperazine rings is 1. The largest absolute Gasteiger partial charge is 0.484 e. The van der Waals surface area contributed by atoms with Crippen molar-refractivity contribution in [1.29, 1.82) is 0 Å². The van der Waals surface area contributed by atoms with Gasteiger partial charge >= 0.3 is 6.18 Å². The molecule has 1 atom stereocenters. The Balaban J connectivity index is 1.86. The van der Waals surface area contributed by atoms with Crippen LogP contribution in [0.4, 0.5) is 13.2 Å². The van der Waals surface area contributed by atoms with Crippen LogP contribution in [0.3, 0.4) is 0 Å². The number of nitrogens with zero attached hydrogens (tertiary/aromatic N) is 1. The molecule has 1 amide bonds. The normalized spacial score (nSPS) is 16.8. The third-order valence-electron chi connectivity index (χ3n) is 4.07. The number of carbonyl (C=O) groups excluding carboxylic acids is 2.